The summed E-state index contributed by atoms with van der Waals surface area (Å²) in [5, 5.41) is 7.78. The molecule has 17 heavy (non-hydrogen) atoms. The summed E-state index contributed by atoms with van der Waals surface area (Å²) >= 11 is 0. The number of rotatable bonds is 4. The zero-order valence-electron chi connectivity index (χ0n) is 10.1. The van der Waals surface area contributed by atoms with Gasteiger partial charge in [0.1, 0.15) is 18.1 Å². The van der Waals surface area contributed by atoms with E-state index < -0.39 is 0 Å². The summed E-state index contributed by atoms with van der Waals surface area (Å²) in [5.74, 6) is 0.688. The molecular formula is C12H16N4O. The van der Waals surface area contributed by atoms with Crippen LogP contribution >= 0.6 is 0 Å². The molecule has 2 N–H and O–H groups in total. The van der Waals surface area contributed by atoms with E-state index >= 15 is 0 Å². The van der Waals surface area contributed by atoms with E-state index in [1.807, 2.05) is 31.4 Å². The molecule has 5 heteroatoms. The van der Waals surface area contributed by atoms with E-state index in [1.54, 1.807) is 4.68 Å². The molecule has 1 aromatic carbocycles. The third kappa shape index (κ3) is 2.75. The zero-order valence-corrected chi connectivity index (χ0v) is 10.1. The number of benzene rings is 1. The van der Waals surface area contributed by atoms with Crippen molar-refractivity contribution in [3.8, 4) is 5.75 Å². The molecular weight excluding hydrogens is 216 g/mol. The third-order valence-corrected chi connectivity index (χ3v) is 2.51. The van der Waals surface area contributed by atoms with Crippen molar-refractivity contribution in [1.82, 2.24) is 15.0 Å². The largest absolute Gasteiger partial charge is 0.485 e. The molecule has 0 bridgehead atoms. The molecule has 0 radical (unpaired) electrons. The molecule has 2 rings (SSSR count). The van der Waals surface area contributed by atoms with Gasteiger partial charge < -0.3 is 10.5 Å². The minimum atomic E-state index is 0.378. The quantitative estimate of drug-likeness (QED) is 0.812. The second-order valence-corrected chi connectivity index (χ2v) is 3.90. The lowest BCUT2D eigenvalue weighted by atomic mass is 10.1. The predicted octanol–water partition coefficient (Wildman–Crippen LogP) is 1.54. The first kappa shape index (κ1) is 11.4. The monoisotopic (exact) mass is 232 g/mol. The first-order valence-corrected chi connectivity index (χ1v) is 5.55. The first-order valence-electron chi connectivity index (χ1n) is 5.55. The fourth-order valence-electron chi connectivity index (χ4n) is 1.56. The lowest BCUT2D eigenvalue weighted by molar-refractivity contribution is 0.303. The zero-order chi connectivity index (χ0) is 12.3. The fraction of sp³-hybridized carbons (Fsp3) is 0.333. The number of aryl methyl sites for hydroxylation is 2. The van der Waals surface area contributed by atoms with Gasteiger partial charge in [0, 0.05) is 7.05 Å². The van der Waals surface area contributed by atoms with Crippen molar-refractivity contribution in [2.24, 2.45) is 7.05 Å². The molecule has 1 heterocycles. The smallest absolute Gasteiger partial charge is 0.142 e. The minimum absolute atomic E-state index is 0.378. The van der Waals surface area contributed by atoms with Gasteiger partial charge in [-0.2, -0.15) is 0 Å². The molecule has 0 unspecified atom stereocenters. The van der Waals surface area contributed by atoms with Gasteiger partial charge in [-0.05, 0) is 24.1 Å². The Balaban J connectivity index is 2.04. The van der Waals surface area contributed by atoms with Crippen LogP contribution in [-0.2, 0) is 20.1 Å². The van der Waals surface area contributed by atoms with Crippen molar-refractivity contribution in [1.29, 1.82) is 0 Å². The van der Waals surface area contributed by atoms with Gasteiger partial charge in [0.2, 0.25) is 0 Å². The molecule has 5 nitrogen and oxygen atoms in total. The molecule has 90 valence electrons. The number of nitrogens with two attached hydrogens (primary N) is 1. The number of anilines is 1. The molecule has 0 aliphatic rings. The SMILES string of the molecule is CCc1ccc(OCc2cn(C)nn2)c(N)c1. The van der Waals surface area contributed by atoms with Gasteiger partial charge in [0.05, 0.1) is 11.9 Å². The first-order chi connectivity index (χ1) is 8.19. The van der Waals surface area contributed by atoms with Crippen LogP contribution in [0.4, 0.5) is 5.69 Å². The number of aromatic nitrogens is 3. The Morgan fingerprint density at radius 1 is 1.41 bits per heavy atom. The topological polar surface area (TPSA) is 66.0 Å². The average molecular weight is 232 g/mol. The Labute approximate surface area is 100 Å². The van der Waals surface area contributed by atoms with Crippen LogP contribution in [0.25, 0.3) is 0 Å². The third-order valence-electron chi connectivity index (χ3n) is 2.51. The fourth-order valence-corrected chi connectivity index (χ4v) is 1.56. The van der Waals surface area contributed by atoms with Crippen LogP contribution in [0.1, 0.15) is 18.2 Å². The van der Waals surface area contributed by atoms with E-state index in [0.29, 0.717) is 18.0 Å². The van der Waals surface area contributed by atoms with Crippen LogP contribution in [0, 0.1) is 0 Å². The van der Waals surface area contributed by atoms with E-state index in [9.17, 15) is 0 Å². The Hall–Kier alpha value is -2.04. The van der Waals surface area contributed by atoms with Crippen molar-refractivity contribution < 1.29 is 4.74 Å². The maximum atomic E-state index is 5.90. The maximum absolute atomic E-state index is 5.90. The summed E-state index contributed by atoms with van der Waals surface area (Å²) in [6.07, 6.45) is 2.78. The Morgan fingerprint density at radius 3 is 2.82 bits per heavy atom. The summed E-state index contributed by atoms with van der Waals surface area (Å²) in [5.41, 5.74) is 8.55. The van der Waals surface area contributed by atoms with Crippen molar-refractivity contribution in [3.05, 3.63) is 35.7 Å². The predicted molar refractivity (Wildman–Crippen MR) is 65.6 cm³/mol. The van der Waals surface area contributed by atoms with Crippen LogP contribution in [0.3, 0.4) is 0 Å². The number of nitrogen functional groups attached to an aromatic ring is 1. The summed E-state index contributed by atoms with van der Waals surface area (Å²) < 4.78 is 7.24. The molecule has 0 saturated carbocycles. The van der Waals surface area contributed by atoms with E-state index in [4.69, 9.17) is 10.5 Å². The van der Waals surface area contributed by atoms with Gasteiger partial charge in [-0.15, -0.1) is 5.10 Å². The van der Waals surface area contributed by atoms with Gasteiger partial charge in [0.15, 0.2) is 0 Å². The molecule has 1 aromatic heterocycles. The second-order valence-electron chi connectivity index (χ2n) is 3.90. The van der Waals surface area contributed by atoms with Crippen LogP contribution in [0.15, 0.2) is 24.4 Å². The summed E-state index contributed by atoms with van der Waals surface area (Å²) in [4.78, 5) is 0. The van der Waals surface area contributed by atoms with Crippen molar-refractivity contribution in [2.75, 3.05) is 5.73 Å². The van der Waals surface area contributed by atoms with E-state index in [0.717, 1.165) is 12.1 Å². The highest BCUT2D eigenvalue weighted by Gasteiger charge is 2.03. The van der Waals surface area contributed by atoms with E-state index in [1.165, 1.54) is 5.56 Å². The minimum Gasteiger partial charge on any atom is -0.485 e. The molecule has 0 saturated heterocycles. The molecule has 0 aliphatic heterocycles. The molecule has 2 aromatic rings. The standard InChI is InChI=1S/C12H16N4O/c1-3-9-4-5-12(11(13)6-9)17-8-10-7-16(2)15-14-10/h4-7H,3,8,13H2,1-2H3. The normalized spacial score (nSPS) is 10.5. The van der Waals surface area contributed by atoms with Crippen LogP contribution in [0.5, 0.6) is 5.75 Å². The average Bonchev–Trinajstić information content (AvgIpc) is 2.73. The number of ether oxygens (including phenoxy) is 1. The number of hydrogen-bond acceptors (Lipinski definition) is 4. The van der Waals surface area contributed by atoms with Gasteiger partial charge in [-0.25, -0.2) is 0 Å². The second kappa shape index (κ2) is 4.86. The van der Waals surface area contributed by atoms with Gasteiger partial charge in [-0.3, -0.25) is 4.68 Å². The van der Waals surface area contributed by atoms with Crippen molar-refractivity contribution in [3.63, 3.8) is 0 Å². The van der Waals surface area contributed by atoms with Crippen LogP contribution in [0.2, 0.25) is 0 Å². The summed E-state index contributed by atoms with van der Waals surface area (Å²) in [6.45, 7) is 2.47. The maximum Gasteiger partial charge on any atom is 0.142 e. The highest BCUT2D eigenvalue weighted by molar-refractivity contribution is 5.54. The van der Waals surface area contributed by atoms with Gasteiger partial charge >= 0.3 is 0 Å². The van der Waals surface area contributed by atoms with Crippen LogP contribution in [-0.4, -0.2) is 15.0 Å². The van der Waals surface area contributed by atoms with Crippen molar-refractivity contribution >= 4 is 5.69 Å². The molecule has 0 spiro atoms. The molecule has 0 aliphatic carbocycles. The highest BCUT2D eigenvalue weighted by atomic mass is 16.5. The Bertz CT molecular complexity index is 507. The summed E-state index contributed by atoms with van der Waals surface area (Å²) in [6, 6.07) is 5.85. The molecule has 0 fully saturated rings. The summed E-state index contributed by atoms with van der Waals surface area (Å²) in [7, 11) is 1.82. The molecule has 0 atom stereocenters. The molecule has 0 amide bonds. The van der Waals surface area contributed by atoms with E-state index in [-0.39, 0.29) is 0 Å². The number of nitrogens with zero attached hydrogens (tertiary/aromatic N) is 3. The van der Waals surface area contributed by atoms with Gasteiger partial charge in [-0.1, -0.05) is 18.2 Å². The lowest BCUT2D eigenvalue weighted by Gasteiger charge is -2.08. The highest BCUT2D eigenvalue weighted by Crippen LogP contribution is 2.23. The van der Waals surface area contributed by atoms with Crippen molar-refractivity contribution in [2.45, 2.75) is 20.0 Å². The Kier molecular flexibility index (Phi) is 3.27. The number of hydrogen-bond donors (Lipinski definition) is 1. The van der Waals surface area contributed by atoms with Gasteiger partial charge in [0.25, 0.3) is 0 Å². The van der Waals surface area contributed by atoms with E-state index in [2.05, 4.69) is 17.2 Å². The Morgan fingerprint density at radius 2 is 2.24 bits per heavy atom. The lowest BCUT2D eigenvalue weighted by Crippen LogP contribution is -1.99. The van der Waals surface area contributed by atoms with Crippen LogP contribution < -0.4 is 10.5 Å².